The zero-order valence-corrected chi connectivity index (χ0v) is 14.1. The molecule has 2 aromatic rings. The van der Waals surface area contributed by atoms with Gasteiger partial charge in [0, 0.05) is 0 Å². The van der Waals surface area contributed by atoms with E-state index in [0.29, 0.717) is 16.3 Å². The number of benzene rings is 2. The summed E-state index contributed by atoms with van der Waals surface area (Å²) in [5.41, 5.74) is 2.26. The molecule has 0 bridgehead atoms. The van der Waals surface area contributed by atoms with E-state index in [9.17, 15) is 8.42 Å². The van der Waals surface area contributed by atoms with Crippen LogP contribution in [-0.2, 0) is 10.1 Å². The molecule has 0 radical (unpaired) electrons. The Morgan fingerprint density at radius 2 is 1.52 bits per heavy atom. The van der Waals surface area contributed by atoms with E-state index < -0.39 is 10.1 Å². The fourth-order valence-corrected chi connectivity index (χ4v) is 3.63. The van der Waals surface area contributed by atoms with Gasteiger partial charge in [-0.15, -0.1) is 0 Å². The predicted molar refractivity (Wildman–Crippen MR) is 84.9 cm³/mol. The minimum Gasteiger partial charge on any atom is -0.379 e. The Morgan fingerprint density at radius 1 is 0.905 bits per heavy atom. The van der Waals surface area contributed by atoms with Gasteiger partial charge < -0.3 is 4.18 Å². The highest BCUT2D eigenvalue weighted by Crippen LogP contribution is 2.30. The van der Waals surface area contributed by atoms with Crippen molar-refractivity contribution in [3.63, 3.8) is 0 Å². The average molecular weight is 345 g/mol. The summed E-state index contributed by atoms with van der Waals surface area (Å²) >= 11 is 11.8. The van der Waals surface area contributed by atoms with Gasteiger partial charge in [-0.25, -0.2) is 0 Å². The minimum atomic E-state index is -3.96. The summed E-state index contributed by atoms with van der Waals surface area (Å²) in [6, 6.07) is 8.08. The molecule has 0 spiro atoms. The summed E-state index contributed by atoms with van der Waals surface area (Å²) in [5, 5.41) is 0.477. The van der Waals surface area contributed by atoms with Gasteiger partial charge in [0.25, 0.3) is 0 Å². The number of halogens is 2. The fraction of sp³-hybridized carbons (Fsp3) is 0.200. The highest BCUT2D eigenvalue weighted by molar-refractivity contribution is 7.87. The van der Waals surface area contributed by atoms with Crippen LogP contribution < -0.4 is 4.18 Å². The number of hydrogen-bond acceptors (Lipinski definition) is 3. The van der Waals surface area contributed by atoms with Crippen LogP contribution in [0.3, 0.4) is 0 Å². The molecule has 0 saturated carbocycles. The van der Waals surface area contributed by atoms with Crippen molar-refractivity contribution in [2.24, 2.45) is 0 Å². The zero-order valence-electron chi connectivity index (χ0n) is 11.8. The zero-order chi connectivity index (χ0) is 15.8. The smallest absolute Gasteiger partial charge is 0.339 e. The lowest BCUT2D eigenvalue weighted by Gasteiger charge is -2.12. The molecule has 2 rings (SSSR count). The molecule has 112 valence electrons. The maximum Gasteiger partial charge on any atom is 0.339 e. The molecule has 0 heterocycles. The van der Waals surface area contributed by atoms with E-state index in [1.807, 2.05) is 13.0 Å². The van der Waals surface area contributed by atoms with Gasteiger partial charge in [0.15, 0.2) is 0 Å². The molecule has 0 unspecified atom stereocenters. The van der Waals surface area contributed by atoms with Crippen LogP contribution in [0.1, 0.15) is 16.7 Å². The molecule has 0 aromatic heterocycles. The van der Waals surface area contributed by atoms with Gasteiger partial charge in [-0.3, -0.25) is 0 Å². The molecule has 0 atom stereocenters. The monoisotopic (exact) mass is 344 g/mol. The largest absolute Gasteiger partial charge is 0.379 e. The minimum absolute atomic E-state index is 0.0110. The average Bonchev–Trinajstić information content (AvgIpc) is 2.37. The third-order valence-corrected chi connectivity index (χ3v) is 5.12. The molecule has 0 fully saturated rings. The lowest BCUT2D eigenvalue weighted by molar-refractivity contribution is 0.483. The van der Waals surface area contributed by atoms with Crippen LogP contribution in [0.25, 0.3) is 0 Å². The van der Waals surface area contributed by atoms with Crippen LogP contribution in [0.5, 0.6) is 5.75 Å². The Balaban J connectivity index is 2.46. The molecule has 0 saturated heterocycles. The Kier molecular flexibility index (Phi) is 4.51. The van der Waals surface area contributed by atoms with Crippen LogP contribution in [0, 0.1) is 20.8 Å². The molecular formula is C15H14Cl2O3S. The molecule has 0 aliphatic rings. The molecule has 3 nitrogen and oxygen atoms in total. The van der Waals surface area contributed by atoms with Crippen molar-refractivity contribution >= 4 is 33.3 Å². The topological polar surface area (TPSA) is 43.4 Å². The number of aryl methyl sites for hydroxylation is 3. The first-order valence-corrected chi connectivity index (χ1v) is 8.34. The van der Waals surface area contributed by atoms with Crippen LogP contribution in [0.4, 0.5) is 0 Å². The van der Waals surface area contributed by atoms with E-state index in [0.717, 1.165) is 11.1 Å². The standard InChI is InChI=1S/C15H14Cl2O3S/c1-9-4-5-14(10(2)6-9)20-21(18,19)15-8-13(17)12(16)7-11(15)3/h4-8H,1-3H3. The highest BCUT2D eigenvalue weighted by atomic mass is 35.5. The second-order valence-corrected chi connectivity index (χ2v) is 7.17. The molecule has 0 aliphatic heterocycles. The van der Waals surface area contributed by atoms with Gasteiger partial charge >= 0.3 is 10.1 Å². The van der Waals surface area contributed by atoms with Crippen LogP contribution in [0.15, 0.2) is 35.2 Å². The van der Waals surface area contributed by atoms with Gasteiger partial charge in [-0.2, -0.15) is 8.42 Å². The summed E-state index contributed by atoms with van der Waals surface area (Å²) in [4.78, 5) is 0.0110. The summed E-state index contributed by atoms with van der Waals surface area (Å²) in [6.07, 6.45) is 0. The second kappa shape index (κ2) is 5.87. The van der Waals surface area contributed by atoms with Crippen molar-refractivity contribution in [1.29, 1.82) is 0 Å². The quantitative estimate of drug-likeness (QED) is 0.758. The van der Waals surface area contributed by atoms with Crippen molar-refractivity contribution in [3.8, 4) is 5.75 Å². The first-order chi connectivity index (χ1) is 9.70. The Morgan fingerprint density at radius 3 is 2.14 bits per heavy atom. The second-order valence-electron chi connectivity index (χ2n) is 4.84. The first kappa shape index (κ1) is 16.1. The summed E-state index contributed by atoms with van der Waals surface area (Å²) in [5.74, 6) is 0.297. The van der Waals surface area contributed by atoms with Crippen LogP contribution in [0.2, 0.25) is 10.0 Å². The van der Waals surface area contributed by atoms with Gasteiger partial charge in [0.2, 0.25) is 0 Å². The maximum absolute atomic E-state index is 12.4. The number of hydrogen-bond donors (Lipinski definition) is 0. The molecule has 2 aromatic carbocycles. The van der Waals surface area contributed by atoms with Gasteiger partial charge in [-0.05, 0) is 50.1 Å². The molecule has 0 amide bonds. The molecular weight excluding hydrogens is 331 g/mol. The third-order valence-electron chi connectivity index (χ3n) is 3.02. The molecule has 0 N–H and O–H groups in total. The third kappa shape index (κ3) is 3.51. The lowest BCUT2D eigenvalue weighted by atomic mass is 10.1. The van der Waals surface area contributed by atoms with Crippen LogP contribution in [-0.4, -0.2) is 8.42 Å². The van der Waals surface area contributed by atoms with Gasteiger partial charge in [0.1, 0.15) is 10.6 Å². The summed E-state index contributed by atoms with van der Waals surface area (Å²) in [6.45, 7) is 5.36. The molecule has 0 aliphatic carbocycles. The van der Waals surface area contributed by atoms with Crippen molar-refractivity contribution < 1.29 is 12.6 Å². The summed E-state index contributed by atoms with van der Waals surface area (Å²) < 4.78 is 30.0. The van der Waals surface area contributed by atoms with Crippen molar-refractivity contribution in [2.45, 2.75) is 25.7 Å². The van der Waals surface area contributed by atoms with Gasteiger partial charge in [-0.1, -0.05) is 40.9 Å². The van der Waals surface area contributed by atoms with Crippen molar-refractivity contribution in [1.82, 2.24) is 0 Å². The first-order valence-electron chi connectivity index (χ1n) is 6.18. The highest BCUT2D eigenvalue weighted by Gasteiger charge is 2.21. The maximum atomic E-state index is 12.4. The molecule has 21 heavy (non-hydrogen) atoms. The fourth-order valence-electron chi connectivity index (χ4n) is 1.95. The normalized spacial score (nSPS) is 11.5. The van der Waals surface area contributed by atoms with Gasteiger partial charge in [0.05, 0.1) is 10.0 Å². The van der Waals surface area contributed by atoms with E-state index in [-0.39, 0.29) is 9.92 Å². The van der Waals surface area contributed by atoms with Crippen molar-refractivity contribution in [2.75, 3.05) is 0 Å². The lowest BCUT2D eigenvalue weighted by Crippen LogP contribution is -2.12. The van der Waals surface area contributed by atoms with E-state index in [1.54, 1.807) is 26.0 Å². The van der Waals surface area contributed by atoms with E-state index in [4.69, 9.17) is 27.4 Å². The Bertz CT molecular complexity index is 799. The van der Waals surface area contributed by atoms with E-state index in [2.05, 4.69) is 0 Å². The van der Waals surface area contributed by atoms with E-state index >= 15 is 0 Å². The summed E-state index contributed by atoms with van der Waals surface area (Å²) in [7, 11) is -3.96. The number of rotatable bonds is 3. The molecule has 6 heteroatoms. The van der Waals surface area contributed by atoms with E-state index in [1.165, 1.54) is 12.1 Å². The predicted octanol–water partition coefficient (Wildman–Crippen LogP) is 4.69. The Labute approximate surface area is 134 Å². The van der Waals surface area contributed by atoms with Crippen LogP contribution >= 0.6 is 23.2 Å². The Hall–Kier alpha value is -1.23. The van der Waals surface area contributed by atoms with Crippen molar-refractivity contribution in [3.05, 3.63) is 57.1 Å². The SMILES string of the molecule is Cc1ccc(OS(=O)(=O)c2cc(Cl)c(Cl)cc2C)c(C)c1.